The van der Waals surface area contributed by atoms with Crippen LogP contribution in [0.5, 0.6) is 0 Å². The maximum Gasteiger partial charge on any atom is 0.306 e. The molecule has 9 nitrogen and oxygen atoms in total. The van der Waals surface area contributed by atoms with Crippen LogP contribution in [0.4, 0.5) is 0 Å². The summed E-state index contributed by atoms with van der Waals surface area (Å²) in [5, 5.41) is 11.8. The summed E-state index contributed by atoms with van der Waals surface area (Å²) in [6.45, 7) is 4.53. The maximum absolute atomic E-state index is 12.9. The first-order chi connectivity index (χ1) is 43.6. The van der Waals surface area contributed by atoms with Crippen LogP contribution in [0, 0.1) is 0 Å². The van der Waals surface area contributed by atoms with E-state index in [1.807, 2.05) is 21.1 Å². The second-order valence-corrected chi connectivity index (χ2v) is 24.8. The minimum Gasteiger partial charge on any atom is -0.545 e. The molecule has 89 heavy (non-hydrogen) atoms. The fraction of sp³-hybridized carbons (Fsp3) is 0.662. The molecule has 0 radical (unpaired) electrons. The first-order valence-electron chi connectivity index (χ1n) is 36.0. The highest BCUT2D eigenvalue weighted by Crippen LogP contribution is 2.17. The third-order valence-electron chi connectivity index (χ3n) is 15.1. The molecule has 0 aromatic heterocycles. The van der Waals surface area contributed by atoms with Gasteiger partial charge in [0.1, 0.15) is 13.2 Å². The first-order valence-corrected chi connectivity index (χ1v) is 36.0. The topological polar surface area (TPSA) is 111 Å². The molecule has 0 aromatic carbocycles. The molecular formula is C80H133NO8. The summed E-state index contributed by atoms with van der Waals surface area (Å²) in [5.74, 6) is -2.29. The Morgan fingerprint density at radius 3 is 0.899 bits per heavy atom. The van der Waals surface area contributed by atoms with Gasteiger partial charge in [0.05, 0.1) is 40.3 Å². The van der Waals surface area contributed by atoms with Crippen LogP contribution in [0.15, 0.2) is 146 Å². The Hall–Kier alpha value is -4.83. The van der Waals surface area contributed by atoms with Crippen molar-refractivity contribution in [1.29, 1.82) is 0 Å². The zero-order valence-corrected chi connectivity index (χ0v) is 57.8. The number of carbonyl (C=O) groups is 3. The van der Waals surface area contributed by atoms with Crippen LogP contribution < -0.4 is 5.11 Å². The van der Waals surface area contributed by atoms with Crippen LogP contribution in [0.3, 0.4) is 0 Å². The quantitative estimate of drug-likeness (QED) is 0.0195. The van der Waals surface area contributed by atoms with Gasteiger partial charge in [-0.1, -0.05) is 301 Å². The number of esters is 2. The Balaban J connectivity index is 4.11. The van der Waals surface area contributed by atoms with E-state index in [-0.39, 0.29) is 38.6 Å². The number of carboxylic acid groups (broad SMARTS) is 1. The lowest BCUT2D eigenvalue weighted by Crippen LogP contribution is -2.44. The van der Waals surface area contributed by atoms with Gasteiger partial charge < -0.3 is 33.3 Å². The summed E-state index contributed by atoms with van der Waals surface area (Å²) in [7, 11) is 5.93. The van der Waals surface area contributed by atoms with Crippen molar-refractivity contribution >= 4 is 17.9 Å². The molecule has 0 saturated carbocycles. The van der Waals surface area contributed by atoms with Crippen LogP contribution in [0.2, 0.25) is 0 Å². The second-order valence-electron chi connectivity index (χ2n) is 24.8. The molecule has 0 saturated heterocycles. The van der Waals surface area contributed by atoms with Crippen LogP contribution in [0.1, 0.15) is 284 Å². The number of unbranched alkanes of at least 4 members (excludes halogenated alkanes) is 26. The van der Waals surface area contributed by atoms with Gasteiger partial charge in [-0.2, -0.15) is 0 Å². The van der Waals surface area contributed by atoms with Gasteiger partial charge in [-0.25, -0.2) is 0 Å². The number of nitrogens with zero attached hydrogens (tertiary/aromatic N) is 1. The molecule has 0 aliphatic rings. The monoisotopic (exact) mass is 1240 g/mol. The average molecular weight is 1240 g/mol. The van der Waals surface area contributed by atoms with E-state index in [0.717, 1.165) is 116 Å². The van der Waals surface area contributed by atoms with Crippen molar-refractivity contribution in [3.8, 4) is 0 Å². The lowest BCUT2D eigenvalue weighted by atomic mass is 10.0. The van der Waals surface area contributed by atoms with Crippen molar-refractivity contribution in [3.05, 3.63) is 146 Å². The maximum atomic E-state index is 12.9. The lowest BCUT2D eigenvalue weighted by molar-refractivity contribution is -0.870. The predicted octanol–water partition coefficient (Wildman–Crippen LogP) is 21.4. The summed E-state index contributed by atoms with van der Waals surface area (Å²) >= 11 is 0. The third kappa shape index (κ3) is 70.5. The minimum atomic E-state index is -1.63. The van der Waals surface area contributed by atoms with E-state index in [9.17, 15) is 19.5 Å². The molecule has 0 spiro atoms. The molecule has 0 bridgehead atoms. The largest absolute Gasteiger partial charge is 0.545 e. The molecule has 9 heteroatoms. The van der Waals surface area contributed by atoms with E-state index < -0.39 is 24.3 Å². The first kappa shape index (κ1) is 84.2. The molecule has 0 aliphatic carbocycles. The SMILES string of the molecule is CC/C=C\C/C=C\C/C=C\C/C=C\C/C=C\C/C=C\C/C=C\C/C=C\CCCCCCCCCCCCCCCCC(=O)OC(COC(=O)CCCCCCCCCCCCCC/C=C\C/C=C\C/C=C\C/C=C\CC)COC(OCC[N+](C)(C)C)C(=O)[O-]. The highest BCUT2D eigenvalue weighted by molar-refractivity contribution is 5.70. The number of carboxylic acids is 1. The molecule has 0 rings (SSSR count). The van der Waals surface area contributed by atoms with Gasteiger partial charge in [0.2, 0.25) is 0 Å². The Labute approximate surface area is 547 Å². The van der Waals surface area contributed by atoms with Crippen molar-refractivity contribution in [3.63, 3.8) is 0 Å². The highest BCUT2D eigenvalue weighted by Gasteiger charge is 2.22. The number of hydrogen-bond donors (Lipinski definition) is 0. The summed E-state index contributed by atoms with van der Waals surface area (Å²) in [4.78, 5) is 37.5. The van der Waals surface area contributed by atoms with E-state index in [0.29, 0.717) is 17.4 Å². The average Bonchev–Trinajstić information content (AvgIpc) is 3.64. The fourth-order valence-corrected chi connectivity index (χ4v) is 9.66. The number of allylic oxidation sites excluding steroid dienone is 24. The summed E-state index contributed by atoms with van der Waals surface area (Å²) in [6, 6.07) is 0. The number of quaternary nitrogens is 1. The van der Waals surface area contributed by atoms with E-state index in [2.05, 4.69) is 160 Å². The van der Waals surface area contributed by atoms with E-state index in [4.69, 9.17) is 18.9 Å². The molecule has 0 amide bonds. The Morgan fingerprint density at radius 1 is 0.337 bits per heavy atom. The zero-order valence-electron chi connectivity index (χ0n) is 57.8. The number of carbonyl (C=O) groups excluding carboxylic acids is 3. The summed E-state index contributed by atoms with van der Waals surface area (Å²) in [5.41, 5.74) is 0. The number of hydrogen-bond acceptors (Lipinski definition) is 8. The van der Waals surface area contributed by atoms with Crippen molar-refractivity contribution in [2.45, 2.75) is 296 Å². The Bertz CT molecular complexity index is 1970. The van der Waals surface area contributed by atoms with E-state index in [1.165, 1.54) is 135 Å². The normalized spacial score (nSPS) is 13.6. The van der Waals surface area contributed by atoms with Gasteiger partial charge in [-0.05, 0) is 116 Å². The second kappa shape index (κ2) is 69.1. The van der Waals surface area contributed by atoms with Gasteiger partial charge in [-0.3, -0.25) is 9.59 Å². The van der Waals surface area contributed by atoms with E-state index in [1.54, 1.807) is 0 Å². The van der Waals surface area contributed by atoms with Crippen molar-refractivity contribution in [1.82, 2.24) is 0 Å². The Kier molecular flexibility index (Phi) is 65.3. The Morgan fingerprint density at radius 2 is 0.607 bits per heavy atom. The van der Waals surface area contributed by atoms with Gasteiger partial charge >= 0.3 is 11.9 Å². The van der Waals surface area contributed by atoms with E-state index >= 15 is 0 Å². The van der Waals surface area contributed by atoms with Crippen LogP contribution in [-0.4, -0.2) is 82.3 Å². The summed E-state index contributed by atoms with van der Waals surface area (Å²) < 4.78 is 22.8. The predicted molar refractivity (Wildman–Crippen MR) is 379 cm³/mol. The van der Waals surface area contributed by atoms with Crippen molar-refractivity contribution in [2.24, 2.45) is 0 Å². The minimum absolute atomic E-state index is 0.142. The number of ether oxygens (including phenoxy) is 4. The molecule has 0 N–H and O–H groups in total. The van der Waals surface area contributed by atoms with Crippen LogP contribution >= 0.6 is 0 Å². The molecule has 0 aromatic rings. The van der Waals surface area contributed by atoms with Gasteiger partial charge in [0.15, 0.2) is 12.4 Å². The third-order valence-corrected chi connectivity index (χ3v) is 15.1. The number of likely N-dealkylation sites (N-methyl/N-ethyl adjacent to an activating group) is 1. The van der Waals surface area contributed by atoms with Gasteiger partial charge in [0, 0.05) is 12.8 Å². The highest BCUT2D eigenvalue weighted by atomic mass is 16.7. The zero-order chi connectivity index (χ0) is 64.7. The molecule has 0 heterocycles. The molecule has 506 valence electrons. The van der Waals surface area contributed by atoms with Crippen LogP contribution in [0.25, 0.3) is 0 Å². The van der Waals surface area contributed by atoms with Crippen molar-refractivity contribution < 1.29 is 42.9 Å². The molecular weight excluding hydrogens is 1100 g/mol. The standard InChI is InChI=1S/C80H133NO8/c1-6-8-10-12-14-16-18-20-22-24-26-28-30-32-33-34-35-36-37-38-39-40-41-42-43-44-45-47-49-51-53-55-57-59-61-63-65-67-69-71-78(83)89-76(75-88-80(79(84)85)86-73-72-81(3,4)5)74-87-77(82)70-68-66-64-62-60-58-56-54-52-50-48-46-31-29-27-25-23-21-19-17-15-13-11-9-7-2/h8-11,14-17,20-23,26-29,32-33,35-36,38-39,41-42,76,80H,6-7,12-13,18-19,24-25,30-31,34,37,40,43-75H2,1-5H3/b10-8-,11-9-,16-14-,17-15-,22-20-,23-21-,28-26-,29-27-,33-32-,36-35-,39-38-,42-41-. The molecule has 2 atom stereocenters. The molecule has 0 aliphatic heterocycles. The fourth-order valence-electron chi connectivity index (χ4n) is 9.66. The van der Waals surface area contributed by atoms with Crippen molar-refractivity contribution in [2.75, 3.05) is 47.5 Å². The molecule has 0 fully saturated rings. The smallest absolute Gasteiger partial charge is 0.306 e. The number of rotatable bonds is 65. The molecule has 2 unspecified atom stereocenters. The summed E-state index contributed by atoms with van der Waals surface area (Å²) in [6.07, 6.45) is 97.8. The van der Waals surface area contributed by atoms with Gasteiger partial charge in [0.25, 0.3) is 0 Å². The number of aliphatic carboxylic acids is 1. The van der Waals surface area contributed by atoms with Gasteiger partial charge in [-0.15, -0.1) is 0 Å². The van der Waals surface area contributed by atoms with Crippen LogP contribution in [-0.2, 0) is 33.3 Å². The lowest BCUT2D eigenvalue weighted by Gasteiger charge is -2.26.